The lowest BCUT2D eigenvalue weighted by Gasteiger charge is -2.20. The Morgan fingerprint density at radius 1 is 1.25 bits per heavy atom. The molecule has 0 atom stereocenters. The Kier molecular flexibility index (Phi) is 9.96. The third kappa shape index (κ3) is 6.32. The summed E-state index contributed by atoms with van der Waals surface area (Å²) in [5.41, 5.74) is 1.76. The van der Waals surface area contributed by atoms with Gasteiger partial charge in [-0.1, -0.05) is 39.2 Å². The van der Waals surface area contributed by atoms with Crippen LogP contribution in [0.4, 0.5) is 14.5 Å². The fourth-order valence-electron chi connectivity index (χ4n) is 1.74. The van der Waals surface area contributed by atoms with Gasteiger partial charge < -0.3 is 4.90 Å². The molecule has 0 fully saturated rings. The van der Waals surface area contributed by atoms with Crippen molar-refractivity contribution in [3.63, 3.8) is 0 Å². The van der Waals surface area contributed by atoms with Crippen molar-refractivity contribution in [1.82, 2.24) is 4.90 Å². The summed E-state index contributed by atoms with van der Waals surface area (Å²) in [5, 5.41) is 0. The van der Waals surface area contributed by atoms with Gasteiger partial charge in [0.1, 0.15) is 17.5 Å². The molecule has 0 saturated heterocycles. The third-order valence-corrected chi connectivity index (χ3v) is 3.14. The topological polar surface area (TPSA) is 15.6 Å². The Bertz CT molecular complexity index is 656. The average molecular weight is 332 g/mol. The molecule has 130 valence electrons. The third-order valence-electron chi connectivity index (χ3n) is 3.14. The minimum atomic E-state index is -0.358. The zero-order valence-corrected chi connectivity index (χ0v) is 15.1. The summed E-state index contributed by atoms with van der Waals surface area (Å²) in [6.07, 6.45) is 5.81. The summed E-state index contributed by atoms with van der Waals surface area (Å²) in [6, 6.07) is 4.28. The predicted molar refractivity (Wildman–Crippen MR) is 102 cm³/mol. The van der Waals surface area contributed by atoms with Crippen LogP contribution >= 0.6 is 0 Å². The number of hydrogen-bond acceptors (Lipinski definition) is 1. The molecule has 0 radical (unpaired) electrons. The molecule has 0 heterocycles. The number of amidine groups is 1. The molecule has 0 aliphatic rings. The van der Waals surface area contributed by atoms with Gasteiger partial charge in [-0.25, -0.2) is 13.8 Å². The van der Waals surface area contributed by atoms with Gasteiger partial charge in [0.25, 0.3) is 0 Å². The van der Waals surface area contributed by atoms with Crippen molar-refractivity contribution in [3.8, 4) is 0 Å². The number of aliphatic imine (C=N–C) groups is 1. The van der Waals surface area contributed by atoms with Crippen molar-refractivity contribution in [2.24, 2.45) is 4.99 Å². The zero-order chi connectivity index (χ0) is 18.7. The lowest BCUT2D eigenvalue weighted by Crippen LogP contribution is -2.22. The minimum absolute atomic E-state index is 0.346. The maximum Gasteiger partial charge on any atom is 0.123 e. The van der Waals surface area contributed by atoms with E-state index in [0.29, 0.717) is 22.8 Å². The Balaban J connectivity index is 0.00000254. The number of allylic oxidation sites excluding steroid dienone is 4. The fourth-order valence-corrected chi connectivity index (χ4v) is 1.74. The molecular weight excluding hydrogens is 306 g/mol. The number of nitrogens with zero attached hydrogens (tertiary/aromatic N) is 2. The summed E-state index contributed by atoms with van der Waals surface area (Å²) in [6.45, 7) is 14.7. The summed E-state index contributed by atoms with van der Waals surface area (Å²) in [4.78, 5) is 6.15. The van der Waals surface area contributed by atoms with Crippen molar-refractivity contribution in [3.05, 3.63) is 72.5 Å². The van der Waals surface area contributed by atoms with Crippen LogP contribution in [0.1, 0.15) is 33.3 Å². The fraction of sp³-hybridized carbons (Fsp3) is 0.250. The maximum atomic E-state index is 13.4. The first kappa shape index (κ1) is 21.5. The normalized spacial score (nSPS) is 12.2. The van der Waals surface area contributed by atoms with Crippen LogP contribution in [0.25, 0.3) is 6.08 Å². The van der Waals surface area contributed by atoms with E-state index in [1.807, 2.05) is 13.8 Å². The van der Waals surface area contributed by atoms with Gasteiger partial charge in [0, 0.05) is 18.3 Å². The smallest absolute Gasteiger partial charge is 0.123 e. The van der Waals surface area contributed by atoms with Crippen molar-refractivity contribution in [1.29, 1.82) is 0 Å². The van der Waals surface area contributed by atoms with Crippen LogP contribution in [0.3, 0.4) is 0 Å². The van der Waals surface area contributed by atoms with E-state index in [1.54, 1.807) is 44.0 Å². The molecule has 0 saturated carbocycles. The molecule has 1 rings (SSSR count). The predicted octanol–water partition coefficient (Wildman–Crippen LogP) is 6.42. The number of likely N-dealkylation sites (N-methyl/N-ethyl adjacent to an activating group) is 1. The lowest BCUT2D eigenvalue weighted by molar-refractivity contribution is 0.620. The first-order chi connectivity index (χ1) is 11.4. The first-order valence-corrected chi connectivity index (χ1v) is 7.79. The van der Waals surface area contributed by atoms with Crippen LogP contribution in [0, 0.1) is 5.82 Å². The largest absolute Gasteiger partial charge is 0.333 e. The van der Waals surface area contributed by atoms with Gasteiger partial charge in [0.2, 0.25) is 0 Å². The van der Waals surface area contributed by atoms with Gasteiger partial charge in [-0.05, 0) is 44.2 Å². The van der Waals surface area contributed by atoms with Crippen molar-refractivity contribution in [2.75, 3.05) is 7.05 Å². The molecule has 0 aromatic heterocycles. The van der Waals surface area contributed by atoms with E-state index < -0.39 is 0 Å². The summed E-state index contributed by atoms with van der Waals surface area (Å²) in [5.74, 6) is -0.0884. The highest BCUT2D eigenvalue weighted by Crippen LogP contribution is 2.22. The molecule has 1 aromatic rings. The van der Waals surface area contributed by atoms with Crippen LogP contribution in [0.15, 0.2) is 66.1 Å². The molecular formula is C20H26F2N2. The SMILES string of the molecule is C=C/C(=C\C(F)=C/C)N(C)C(C)=Nc1ccc(F)cc1C=C.CC. The van der Waals surface area contributed by atoms with Crippen LogP contribution in [0.2, 0.25) is 0 Å². The quantitative estimate of drug-likeness (QED) is 0.345. The van der Waals surface area contributed by atoms with E-state index in [2.05, 4.69) is 18.2 Å². The van der Waals surface area contributed by atoms with Crippen molar-refractivity contribution in [2.45, 2.75) is 27.7 Å². The summed E-state index contributed by atoms with van der Waals surface area (Å²) < 4.78 is 26.6. The van der Waals surface area contributed by atoms with E-state index in [-0.39, 0.29) is 11.6 Å². The standard InChI is InChI=1S/C18H20F2N2.C2H6/c1-6-14-11-16(20)9-10-18(14)21-13(4)22(5)17(8-3)12-15(19)7-2;1-2/h6-12H,1,3H2,2,4-5H3;1-2H3/b15-7+,17-12+,21-13?;. The van der Waals surface area contributed by atoms with E-state index in [1.165, 1.54) is 24.3 Å². The Labute approximate surface area is 144 Å². The highest BCUT2D eigenvalue weighted by molar-refractivity contribution is 5.85. The van der Waals surface area contributed by atoms with Crippen LogP contribution in [-0.2, 0) is 0 Å². The number of benzene rings is 1. The average Bonchev–Trinajstić information content (AvgIpc) is 2.61. The lowest BCUT2D eigenvalue weighted by atomic mass is 10.2. The number of hydrogen-bond donors (Lipinski definition) is 0. The molecule has 0 aliphatic carbocycles. The van der Waals surface area contributed by atoms with Crippen LogP contribution in [0.5, 0.6) is 0 Å². The van der Waals surface area contributed by atoms with Gasteiger partial charge in [-0.2, -0.15) is 0 Å². The Morgan fingerprint density at radius 2 is 1.88 bits per heavy atom. The van der Waals surface area contributed by atoms with E-state index in [4.69, 9.17) is 0 Å². The van der Waals surface area contributed by atoms with E-state index in [9.17, 15) is 8.78 Å². The Hall–Kier alpha value is -2.49. The second kappa shape index (κ2) is 11.1. The van der Waals surface area contributed by atoms with Gasteiger partial charge in [-0.3, -0.25) is 0 Å². The second-order valence-corrected chi connectivity index (χ2v) is 4.57. The molecule has 0 bridgehead atoms. The molecule has 4 heteroatoms. The number of halogens is 2. The molecule has 0 aliphatic heterocycles. The van der Waals surface area contributed by atoms with Crippen LogP contribution in [-0.4, -0.2) is 17.8 Å². The van der Waals surface area contributed by atoms with Gasteiger partial charge in [0.05, 0.1) is 5.69 Å². The molecule has 1 aromatic carbocycles. The maximum absolute atomic E-state index is 13.4. The van der Waals surface area contributed by atoms with Gasteiger partial charge in [0.15, 0.2) is 0 Å². The second-order valence-electron chi connectivity index (χ2n) is 4.57. The summed E-state index contributed by atoms with van der Waals surface area (Å²) in [7, 11) is 1.76. The zero-order valence-electron chi connectivity index (χ0n) is 15.1. The van der Waals surface area contributed by atoms with Crippen molar-refractivity contribution >= 4 is 17.6 Å². The van der Waals surface area contributed by atoms with Gasteiger partial charge >= 0.3 is 0 Å². The van der Waals surface area contributed by atoms with Crippen LogP contribution < -0.4 is 0 Å². The molecule has 0 spiro atoms. The highest BCUT2D eigenvalue weighted by Gasteiger charge is 2.07. The monoisotopic (exact) mass is 332 g/mol. The van der Waals surface area contributed by atoms with Crippen molar-refractivity contribution < 1.29 is 8.78 Å². The van der Waals surface area contributed by atoms with Gasteiger partial charge in [-0.15, -0.1) is 0 Å². The molecule has 0 unspecified atom stereocenters. The number of rotatable bonds is 5. The molecule has 2 nitrogen and oxygen atoms in total. The Morgan fingerprint density at radius 3 is 2.38 bits per heavy atom. The van der Waals surface area contributed by atoms with E-state index >= 15 is 0 Å². The minimum Gasteiger partial charge on any atom is -0.333 e. The summed E-state index contributed by atoms with van der Waals surface area (Å²) >= 11 is 0. The molecule has 0 amide bonds. The van der Waals surface area contributed by atoms with E-state index in [0.717, 1.165) is 0 Å². The molecule has 24 heavy (non-hydrogen) atoms. The molecule has 0 N–H and O–H groups in total. The first-order valence-electron chi connectivity index (χ1n) is 7.79. The highest BCUT2D eigenvalue weighted by atomic mass is 19.1.